The fourth-order valence-electron chi connectivity index (χ4n) is 5.00. The molecule has 0 aromatic heterocycles. The van der Waals surface area contributed by atoms with Gasteiger partial charge in [0.2, 0.25) is 5.91 Å². The standard InChI is InChI=1S/C20H29N3O3S/c1-21(2)27(25,26)22-13-12-20(15-22)17-10-6-7-11-18(17)23(19(20)24)14-16-8-4-3-5-9-16/h6-7,10-11,16H,3-5,8-9,12-15H2,1-2H3. The third-order valence-electron chi connectivity index (χ3n) is 6.55. The molecule has 1 saturated carbocycles. The van der Waals surface area contributed by atoms with Crippen molar-refractivity contribution in [3.63, 3.8) is 0 Å². The summed E-state index contributed by atoms with van der Waals surface area (Å²) >= 11 is 0. The number of benzene rings is 1. The maximum atomic E-state index is 13.6. The van der Waals surface area contributed by atoms with E-state index in [0.717, 1.165) is 17.8 Å². The number of rotatable bonds is 4. The van der Waals surface area contributed by atoms with Crippen LogP contribution in [0, 0.1) is 5.92 Å². The molecule has 2 aliphatic heterocycles. The van der Waals surface area contributed by atoms with Gasteiger partial charge in [-0.05, 0) is 36.8 Å². The molecule has 1 amide bonds. The van der Waals surface area contributed by atoms with Gasteiger partial charge in [0.05, 0.1) is 5.41 Å². The lowest BCUT2D eigenvalue weighted by Crippen LogP contribution is -2.46. The highest BCUT2D eigenvalue weighted by atomic mass is 32.2. The van der Waals surface area contributed by atoms with Crippen molar-refractivity contribution in [1.82, 2.24) is 8.61 Å². The van der Waals surface area contributed by atoms with Gasteiger partial charge in [0, 0.05) is 39.4 Å². The molecule has 6 nitrogen and oxygen atoms in total. The highest BCUT2D eigenvalue weighted by Crippen LogP contribution is 2.48. The van der Waals surface area contributed by atoms with E-state index >= 15 is 0 Å². The summed E-state index contributed by atoms with van der Waals surface area (Å²) in [6.45, 7) is 1.39. The van der Waals surface area contributed by atoms with Gasteiger partial charge in [0.25, 0.3) is 10.2 Å². The number of hydrogen-bond donors (Lipinski definition) is 0. The zero-order chi connectivity index (χ0) is 19.2. The molecule has 2 heterocycles. The number of fused-ring (bicyclic) bond motifs is 2. The highest BCUT2D eigenvalue weighted by Gasteiger charge is 2.56. The Kier molecular flexibility index (Phi) is 4.81. The Labute approximate surface area is 162 Å². The van der Waals surface area contributed by atoms with Crippen LogP contribution in [0.1, 0.15) is 44.1 Å². The average Bonchev–Trinajstić information content (AvgIpc) is 3.21. The van der Waals surface area contributed by atoms with Crippen molar-refractivity contribution in [3.8, 4) is 0 Å². The van der Waals surface area contributed by atoms with E-state index in [1.807, 2.05) is 29.2 Å². The monoisotopic (exact) mass is 391 g/mol. The fraction of sp³-hybridized carbons (Fsp3) is 0.650. The molecular formula is C20H29N3O3S. The van der Waals surface area contributed by atoms with Crippen LogP contribution < -0.4 is 4.90 Å². The first-order valence-corrected chi connectivity index (χ1v) is 11.3. The van der Waals surface area contributed by atoms with E-state index in [2.05, 4.69) is 0 Å². The molecule has 1 aromatic carbocycles. The third kappa shape index (κ3) is 3.00. The molecule has 1 unspecified atom stereocenters. The Morgan fingerprint density at radius 3 is 2.56 bits per heavy atom. The first kappa shape index (κ1) is 18.9. The van der Waals surface area contributed by atoms with Gasteiger partial charge in [-0.2, -0.15) is 17.0 Å². The van der Waals surface area contributed by atoms with Crippen molar-refractivity contribution >= 4 is 21.8 Å². The predicted molar refractivity (Wildman–Crippen MR) is 106 cm³/mol. The molecule has 0 N–H and O–H groups in total. The molecule has 2 fully saturated rings. The quantitative estimate of drug-likeness (QED) is 0.792. The normalized spacial score (nSPS) is 27.1. The first-order valence-electron chi connectivity index (χ1n) is 9.95. The average molecular weight is 392 g/mol. The number of carbonyl (C=O) groups is 1. The molecule has 0 radical (unpaired) electrons. The summed E-state index contributed by atoms with van der Waals surface area (Å²) in [4.78, 5) is 15.5. The van der Waals surface area contributed by atoms with E-state index in [1.165, 1.54) is 40.7 Å². The minimum absolute atomic E-state index is 0.0886. The minimum atomic E-state index is -3.51. The number of para-hydroxylation sites is 1. The summed E-state index contributed by atoms with van der Waals surface area (Å²) in [6.07, 6.45) is 6.70. The Morgan fingerprint density at radius 2 is 1.85 bits per heavy atom. The molecule has 1 saturated heterocycles. The molecule has 148 valence electrons. The third-order valence-corrected chi connectivity index (χ3v) is 8.44. The van der Waals surface area contributed by atoms with Crippen LogP contribution in [0.5, 0.6) is 0 Å². The van der Waals surface area contributed by atoms with Gasteiger partial charge in [-0.1, -0.05) is 37.5 Å². The van der Waals surface area contributed by atoms with Crippen molar-refractivity contribution in [1.29, 1.82) is 0 Å². The van der Waals surface area contributed by atoms with Crippen LogP contribution in [0.4, 0.5) is 5.69 Å². The van der Waals surface area contributed by atoms with Gasteiger partial charge >= 0.3 is 0 Å². The summed E-state index contributed by atoms with van der Waals surface area (Å²) in [5, 5.41) is 0. The van der Waals surface area contributed by atoms with Gasteiger partial charge < -0.3 is 4.90 Å². The second-order valence-corrected chi connectivity index (χ2v) is 10.5. The summed E-state index contributed by atoms with van der Waals surface area (Å²) in [7, 11) is -0.431. The molecular weight excluding hydrogens is 362 g/mol. The summed E-state index contributed by atoms with van der Waals surface area (Å²) in [6, 6.07) is 7.97. The van der Waals surface area contributed by atoms with Crippen LogP contribution in [-0.4, -0.2) is 56.7 Å². The lowest BCUT2D eigenvalue weighted by atomic mass is 9.81. The van der Waals surface area contributed by atoms with Gasteiger partial charge in [-0.3, -0.25) is 4.79 Å². The van der Waals surface area contributed by atoms with Crippen LogP contribution in [0.3, 0.4) is 0 Å². The number of anilines is 1. The molecule has 3 aliphatic rings. The van der Waals surface area contributed by atoms with Crippen LogP contribution in [-0.2, 0) is 20.4 Å². The van der Waals surface area contributed by atoms with Crippen molar-refractivity contribution < 1.29 is 13.2 Å². The van der Waals surface area contributed by atoms with Gasteiger partial charge in [-0.15, -0.1) is 0 Å². The topological polar surface area (TPSA) is 60.9 Å². The van der Waals surface area contributed by atoms with Crippen LogP contribution >= 0.6 is 0 Å². The summed E-state index contributed by atoms with van der Waals surface area (Å²) in [5.41, 5.74) is 1.26. The van der Waals surface area contributed by atoms with Crippen molar-refractivity contribution in [3.05, 3.63) is 29.8 Å². The zero-order valence-electron chi connectivity index (χ0n) is 16.2. The largest absolute Gasteiger partial charge is 0.311 e. The molecule has 7 heteroatoms. The number of hydrogen-bond acceptors (Lipinski definition) is 3. The molecule has 1 spiro atoms. The molecule has 1 atom stereocenters. The van der Waals surface area contributed by atoms with Crippen LogP contribution in [0.2, 0.25) is 0 Å². The number of carbonyl (C=O) groups excluding carboxylic acids is 1. The Bertz CT molecular complexity index is 833. The fourth-order valence-corrected chi connectivity index (χ4v) is 6.17. The molecule has 0 bridgehead atoms. The molecule has 1 aromatic rings. The molecule has 4 rings (SSSR count). The maximum Gasteiger partial charge on any atom is 0.281 e. The van der Waals surface area contributed by atoms with Crippen LogP contribution in [0.15, 0.2) is 24.3 Å². The van der Waals surface area contributed by atoms with E-state index in [1.54, 1.807) is 14.1 Å². The van der Waals surface area contributed by atoms with Crippen molar-refractivity contribution in [2.75, 3.05) is 38.6 Å². The lowest BCUT2D eigenvalue weighted by Gasteiger charge is -2.29. The van der Waals surface area contributed by atoms with Crippen molar-refractivity contribution in [2.45, 2.75) is 43.9 Å². The summed E-state index contributed by atoms with van der Waals surface area (Å²) in [5.74, 6) is 0.639. The zero-order valence-corrected chi connectivity index (χ0v) is 17.0. The highest BCUT2D eigenvalue weighted by molar-refractivity contribution is 7.86. The SMILES string of the molecule is CN(C)S(=O)(=O)N1CCC2(C1)C(=O)N(CC1CCCCC1)c1ccccc12. The Hall–Kier alpha value is -1.44. The Morgan fingerprint density at radius 1 is 1.15 bits per heavy atom. The van der Waals surface area contributed by atoms with Crippen molar-refractivity contribution in [2.24, 2.45) is 5.92 Å². The van der Waals surface area contributed by atoms with Gasteiger partial charge in [0.1, 0.15) is 0 Å². The Balaban J connectivity index is 1.66. The first-order chi connectivity index (χ1) is 12.9. The van der Waals surface area contributed by atoms with Gasteiger partial charge in [0.15, 0.2) is 0 Å². The molecule has 1 aliphatic carbocycles. The maximum absolute atomic E-state index is 13.6. The smallest absolute Gasteiger partial charge is 0.281 e. The van der Waals surface area contributed by atoms with Gasteiger partial charge in [-0.25, -0.2) is 0 Å². The van der Waals surface area contributed by atoms with E-state index in [9.17, 15) is 13.2 Å². The second kappa shape index (κ2) is 6.87. The predicted octanol–water partition coefficient (Wildman–Crippen LogP) is 2.36. The second-order valence-electron chi connectivity index (χ2n) is 8.39. The number of nitrogens with zero attached hydrogens (tertiary/aromatic N) is 3. The van der Waals surface area contributed by atoms with E-state index in [0.29, 0.717) is 18.9 Å². The van der Waals surface area contributed by atoms with Crippen LogP contribution in [0.25, 0.3) is 0 Å². The molecule has 27 heavy (non-hydrogen) atoms. The van der Waals surface area contributed by atoms with E-state index < -0.39 is 15.6 Å². The van der Waals surface area contributed by atoms with E-state index in [4.69, 9.17) is 0 Å². The van der Waals surface area contributed by atoms with E-state index in [-0.39, 0.29) is 12.5 Å². The summed E-state index contributed by atoms with van der Waals surface area (Å²) < 4.78 is 27.9. The lowest BCUT2D eigenvalue weighted by molar-refractivity contribution is -0.122. The number of amides is 1. The minimum Gasteiger partial charge on any atom is -0.311 e.